The summed E-state index contributed by atoms with van der Waals surface area (Å²) in [6, 6.07) is 0.418. The molecule has 1 saturated carbocycles. The Morgan fingerprint density at radius 2 is 2.27 bits per heavy atom. The minimum Gasteiger partial charge on any atom is -0.363 e. The van der Waals surface area contributed by atoms with Gasteiger partial charge in [-0.2, -0.15) is 0 Å². The topological polar surface area (TPSA) is 50.4 Å². The number of hydrogen-bond donors (Lipinski definition) is 2. The number of rotatable bonds is 3. The molecular formula is C11H18N2O2. The molecule has 4 nitrogen and oxygen atoms in total. The quantitative estimate of drug-likeness (QED) is 0.691. The molecule has 4 heteroatoms. The van der Waals surface area contributed by atoms with Gasteiger partial charge in [0.05, 0.1) is 6.10 Å². The van der Waals surface area contributed by atoms with E-state index in [1.807, 2.05) is 0 Å². The van der Waals surface area contributed by atoms with Crippen molar-refractivity contribution in [2.24, 2.45) is 5.92 Å². The normalized spacial score (nSPS) is 39.1. The number of fused-ring (bicyclic) bond motifs is 1. The number of carbonyl (C=O) groups excluding carboxylic acids is 1. The average molecular weight is 210 g/mol. The standard InChI is InChI=1S/C11H18N2O2/c14-11(13-6-7-1-2-7)10-5-8-9(15-10)3-4-12-8/h7-10,12H,1-6H2,(H,13,14)/t8-,9-,10-/m1/s1. The highest BCUT2D eigenvalue weighted by Gasteiger charge is 2.41. The number of ether oxygens (including phenoxy) is 1. The van der Waals surface area contributed by atoms with Crippen molar-refractivity contribution in [3.05, 3.63) is 0 Å². The summed E-state index contributed by atoms with van der Waals surface area (Å²) in [5.74, 6) is 0.839. The molecule has 0 radical (unpaired) electrons. The minimum atomic E-state index is -0.202. The Labute approximate surface area is 89.7 Å². The van der Waals surface area contributed by atoms with Crippen LogP contribution in [0.15, 0.2) is 0 Å². The fraction of sp³-hybridized carbons (Fsp3) is 0.909. The Balaban J connectivity index is 1.48. The molecule has 0 spiro atoms. The van der Waals surface area contributed by atoms with Crippen molar-refractivity contribution in [1.29, 1.82) is 0 Å². The van der Waals surface area contributed by atoms with E-state index in [9.17, 15) is 4.79 Å². The lowest BCUT2D eigenvalue weighted by atomic mass is 10.1. The average Bonchev–Trinajstić information content (AvgIpc) is 2.79. The zero-order valence-corrected chi connectivity index (χ0v) is 8.87. The highest BCUT2D eigenvalue weighted by atomic mass is 16.5. The molecule has 1 aliphatic carbocycles. The van der Waals surface area contributed by atoms with E-state index in [2.05, 4.69) is 10.6 Å². The van der Waals surface area contributed by atoms with Gasteiger partial charge in [-0.05, 0) is 31.7 Å². The van der Waals surface area contributed by atoms with Crippen LogP contribution in [0.2, 0.25) is 0 Å². The lowest BCUT2D eigenvalue weighted by Gasteiger charge is -2.12. The van der Waals surface area contributed by atoms with Gasteiger partial charge in [0.2, 0.25) is 5.91 Å². The van der Waals surface area contributed by atoms with Crippen LogP contribution in [0.1, 0.15) is 25.7 Å². The molecule has 3 fully saturated rings. The molecule has 0 unspecified atom stereocenters. The zero-order valence-electron chi connectivity index (χ0n) is 8.87. The van der Waals surface area contributed by atoms with Crippen LogP contribution in [0.3, 0.4) is 0 Å². The fourth-order valence-corrected chi connectivity index (χ4v) is 2.49. The third-order valence-electron chi connectivity index (χ3n) is 3.65. The van der Waals surface area contributed by atoms with Gasteiger partial charge in [-0.1, -0.05) is 0 Å². The maximum atomic E-state index is 11.7. The van der Waals surface area contributed by atoms with Crippen LogP contribution in [0.4, 0.5) is 0 Å². The zero-order chi connectivity index (χ0) is 10.3. The van der Waals surface area contributed by atoms with Crippen molar-refractivity contribution in [2.75, 3.05) is 13.1 Å². The van der Waals surface area contributed by atoms with E-state index >= 15 is 0 Å². The Hall–Kier alpha value is -0.610. The molecule has 2 saturated heterocycles. The van der Waals surface area contributed by atoms with Crippen LogP contribution in [0.5, 0.6) is 0 Å². The molecule has 2 aliphatic heterocycles. The summed E-state index contributed by atoms with van der Waals surface area (Å²) < 4.78 is 5.73. The van der Waals surface area contributed by atoms with Crippen LogP contribution >= 0.6 is 0 Å². The highest BCUT2D eigenvalue weighted by molar-refractivity contribution is 5.81. The molecule has 15 heavy (non-hydrogen) atoms. The Bertz CT molecular complexity index is 253. The molecule has 2 N–H and O–H groups in total. The summed E-state index contributed by atoms with van der Waals surface area (Å²) in [6.45, 7) is 1.88. The summed E-state index contributed by atoms with van der Waals surface area (Å²) in [5.41, 5.74) is 0. The number of amides is 1. The highest BCUT2D eigenvalue weighted by Crippen LogP contribution is 2.29. The second-order valence-electron chi connectivity index (χ2n) is 4.94. The largest absolute Gasteiger partial charge is 0.363 e. The van der Waals surface area contributed by atoms with Gasteiger partial charge in [0.1, 0.15) is 6.10 Å². The summed E-state index contributed by atoms with van der Waals surface area (Å²) in [6.07, 6.45) is 4.53. The van der Waals surface area contributed by atoms with E-state index in [1.165, 1.54) is 12.8 Å². The van der Waals surface area contributed by atoms with Gasteiger partial charge in [0.15, 0.2) is 0 Å². The van der Waals surface area contributed by atoms with Crippen molar-refractivity contribution < 1.29 is 9.53 Å². The van der Waals surface area contributed by atoms with Crippen LogP contribution in [-0.2, 0) is 9.53 Å². The number of carbonyl (C=O) groups is 1. The molecule has 1 amide bonds. The molecular weight excluding hydrogens is 192 g/mol. The third kappa shape index (κ3) is 2.01. The van der Waals surface area contributed by atoms with Crippen molar-refractivity contribution in [3.8, 4) is 0 Å². The molecule has 0 bridgehead atoms. The first kappa shape index (κ1) is 9.60. The van der Waals surface area contributed by atoms with E-state index in [0.717, 1.165) is 31.8 Å². The molecule has 0 aromatic heterocycles. The third-order valence-corrected chi connectivity index (χ3v) is 3.65. The monoisotopic (exact) mass is 210 g/mol. The molecule has 3 aliphatic rings. The van der Waals surface area contributed by atoms with Crippen LogP contribution in [-0.4, -0.2) is 37.2 Å². The first-order chi connectivity index (χ1) is 7.33. The number of nitrogens with one attached hydrogen (secondary N) is 2. The second-order valence-corrected chi connectivity index (χ2v) is 4.94. The molecule has 3 rings (SSSR count). The van der Waals surface area contributed by atoms with Crippen molar-refractivity contribution in [2.45, 2.75) is 43.9 Å². The van der Waals surface area contributed by atoms with E-state index in [1.54, 1.807) is 0 Å². The van der Waals surface area contributed by atoms with Crippen molar-refractivity contribution in [3.63, 3.8) is 0 Å². The molecule has 0 aromatic rings. The fourth-order valence-electron chi connectivity index (χ4n) is 2.49. The van der Waals surface area contributed by atoms with Gasteiger partial charge in [-0.15, -0.1) is 0 Å². The molecule has 3 atom stereocenters. The predicted octanol–water partition coefficient (Wildman–Crippen LogP) is 0.0320. The molecule has 2 heterocycles. The summed E-state index contributed by atoms with van der Waals surface area (Å²) in [5, 5.41) is 6.36. The van der Waals surface area contributed by atoms with Gasteiger partial charge >= 0.3 is 0 Å². The van der Waals surface area contributed by atoms with E-state index in [0.29, 0.717) is 6.04 Å². The lowest BCUT2D eigenvalue weighted by Crippen LogP contribution is -2.36. The molecule has 84 valence electrons. The summed E-state index contributed by atoms with van der Waals surface area (Å²) in [7, 11) is 0. The van der Waals surface area contributed by atoms with E-state index in [-0.39, 0.29) is 18.1 Å². The van der Waals surface area contributed by atoms with Crippen molar-refractivity contribution >= 4 is 5.91 Å². The SMILES string of the molecule is O=C(NCC1CC1)[C@H]1C[C@H]2NCC[C@H]2O1. The first-order valence-corrected chi connectivity index (χ1v) is 5.99. The van der Waals surface area contributed by atoms with Crippen molar-refractivity contribution in [1.82, 2.24) is 10.6 Å². The van der Waals surface area contributed by atoms with Gasteiger partial charge in [-0.3, -0.25) is 4.79 Å². The maximum Gasteiger partial charge on any atom is 0.249 e. The first-order valence-electron chi connectivity index (χ1n) is 5.99. The predicted molar refractivity (Wildman–Crippen MR) is 55.4 cm³/mol. The maximum absolute atomic E-state index is 11.7. The second kappa shape index (κ2) is 3.76. The van der Waals surface area contributed by atoms with Crippen LogP contribution in [0.25, 0.3) is 0 Å². The Morgan fingerprint density at radius 1 is 1.40 bits per heavy atom. The smallest absolute Gasteiger partial charge is 0.249 e. The Kier molecular flexibility index (Phi) is 2.41. The minimum absolute atomic E-state index is 0.0955. The van der Waals surface area contributed by atoms with Gasteiger partial charge < -0.3 is 15.4 Å². The lowest BCUT2D eigenvalue weighted by molar-refractivity contribution is -0.132. The van der Waals surface area contributed by atoms with E-state index < -0.39 is 0 Å². The summed E-state index contributed by atoms with van der Waals surface area (Å²) in [4.78, 5) is 11.7. The van der Waals surface area contributed by atoms with Gasteiger partial charge in [-0.25, -0.2) is 0 Å². The number of hydrogen-bond acceptors (Lipinski definition) is 3. The van der Waals surface area contributed by atoms with E-state index in [4.69, 9.17) is 4.74 Å². The van der Waals surface area contributed by atoms with Crippen LogP contribution < -0.4 is 10.6 Å². The van der Waals surface area contributed by atoms with Gasteiger partial charge in [0.25, 0.3) is 0 Å². The van der Waals surface area contributed by atoms with Gasteiger partial charge in [0, 0.05) is 19.0 Å². The Morgan fingerprint density at radius 3 is 3.00 bits per heavy atom. The summed E-state index contributed by atoms with van der Waals surface area (Å²) >= 11 is 0. The molecule has 0 aromatic carbocycles. The van der Waals surface area contributed by atoms with Crippen LogP contribution in [0, 0.1) is 5.92 Å².